The summed E-state index contributed by atoms with van der Waals surface area (Å²) in [5, 5.41) is 4.25. The number of benzene rings is 1. The van der Waals surface area contributed by atoms with Crippen LogP contribution in [-0.4, -0.2) is 40.0 Å². The Morgan fingerprint density at radius 1 is 1.31 bits per heavy atom. The summed E-state index contributed by atoms with van der Waals surface area (Å²) < 4.78 is 18.3. The minimum absolute atomic E-state index is 0.00350. The number of aromatic nitrogens is 2. The first-order valence-electron chi connectivity index (χ1n) is 8.97. The Kier molecular flexibility index (Phi) is 4.44. The normalized spacial score (nSPS) is 20.1. The lowest BCUT2D eigenvalue weighted by atomic mass is 9.97. The van der Waals surface area contributed by atoms with E-state index in [2.05, 4.69) is 5.10 Å². The van der Waals surface area contributed by atoms with E-state index in [1.807, 2.05) is 24.3 Å². The molecule has 1 amide bonds. The minimum atomic E-state index is -0.576. The average molecular weight is 357 g/mol. The predicted molar refractivity (Wildman–Crippen MR) is 94.2 cm³/mol. The van der Waals surface area contributed by atoms with Gasteiger partial charge in [0.15, 0.2) is 17.6 Å². The molecule has 2 aromatic rings. The molecule has 138 valence electrons. The molecule has 0 saturated carbocycles. The van der Waals surface area contributed by atoms with E-state index in [1.165, 1.54) is 0 Å². The second-order valence-electron chi connectivity index (χ2n) is 6.77. The molecule has 2 aliphatic rings. The number of ether oxygens (including phenoxy) is 3. The van der Waals surface area contributed by atoms with Crippen molar-refractivity contribution in [1.29, 1.82) is 0 Å². The molecule has 0 spiro atoms. The van der Waals surface area contributed by atoms with Crippen LogP contribution in [-0.2, 0) is 11.8 Å². The van der Waals surface area contributed by atoms with Crippen LogP contribution in [0.25, 0.3) is 0 Å². The molecule has 2 unspecified atom stereocenters. The third-order valence-electron chi connectivity index (χ3n) is 4.90. The maximum absolute atomic E-state index is 13.0. The topological polar surface area (TPSA) is 65.8 Å². The number of amides is 1. The lowest BCUT2D eigenvalue weighted by Gasteiger charge is -2.36. The molecule has 2 atom stereocenters. The van der Waals surface area contributed by atoms with Crippen LogP contribution in [0.2, 0.25) is 0 Å². The second-order valence-corrected chi connectivity index (χ2v) is 6.77. The zero-order valence-electron chi connectivity index (χ0n) is 15.1. The van der Waals surface area contributed by atoms with Crippen LogP contribution in [0.15, 0.2) is 30.6 Å². The quantitative estimate of drug-likeness (QED) is 0.842. The lowest BCUT2D eigenvalue weighted by molar-refractivity contribution is -0.142. The van der Waals surface area contributed by atoms with E-state index in [0.717, 1.165) is 31.4 Å². The summed E-state index contributed by atoms with van der Waals surface area (Å²) in [4.78, 5) is 15.0. The Hall–Kier alpha value is -2.70. The summed E-state index contributed by atoms with van der Waals surface area (Å²) in [6.45, 7) is 2.75. The van der Waals surface area contributed by atoms with E-state index >= 15 is 0 Å². The van der Waals surface area contributed by atoms with Gasteiger partial charge in [0.25, 0.3) is 5.91 Å². The molecule has 26 heavy (non-hydrogen) atoms. The average Bonchev–Trinajstić information content (AvgIpc) is 3.29. The maximum atomic E-state index is 13.0. The summed E-state index contributed by atoms with van der Waals surface area (Å²) in [5.74, 6) is 1.94. The largest absolute Gasteiger partial charge is 0.481 e. The molecular formula is C19H23N3O4. The molecule has 7 heteroatoms. The van der Waals surface area contributed by atoms with Crippen molar-refractivity contribution in [2.24, 2.45) is 7.05 Å². The Bertz CT molecular complexity index is 804. The molecule has 0 bridgehead atoms. The van der Waals surface area contributed by atoms with Gasteiger partial charge < -0.3 is 19.1 Å². The summed E-state index contributed by atoms with van der Waals surface area (Å²) in [5.41, 5.74) is 1.08. The van der Waals surface area contributed by atoms with Gasteiger partial charge in [0.05, 0.1) is 12.2 Å². The highest BCUT2D eigenvalue weighted by Crippen LogP contribution is 2.36. The molecule has 0 aliphatic carbocycles. The van der Waals surface area contributed by atoms with Crippen molar-refractivity contribution in [2.75, 3.05) is 13.3 Å². The zero-order chi connectivity index (χ0) is 18.1. The number of carbonyl (C=O) groups is 1. The van der Waals surface area contributed by atoms with E-state index in [4.69, 9.17) is 14.2 Å². The Morgan fingerprint density at radius 3 is 2.96 bits per heavy atom. The van der Waals surface area contributed by atoms with E-state index in [1.54, 1.807) is 29.8 Å². The van der Waals surface area contributed by atoms with Crippen LogP contribution in [0.1, 0.15) is 37.8 Å². The number of hydrogen-bond acceptors (Lipinski definition) is 5. The third kappa shape index (κ3) is 3.21. The first kappa shape index (κ1) is 16.8. The fraction of sp³-hybridized carbons (Fsp3) is 0.474. The number of likely N-dealkylation sites (tertiary alicyclic amines) is 1. The number of hydrogen-bond donors (Lipinski definition) is 0. The maximum Gasteiger partial charge on any atom is 0.263 e. The van der Waals surface area contributed by atoms with Gasteiger partial charge in [0.1, 0.15) is 5.75 Å². The summed E-state index contributed by atoms with van der Waals surface area (Å²) in [7, 11) is 1.89. The van der Waals surface area contributed by atoms with Crippen molar-refractivity contribution in [3.8, 4) is 17.2 Å². The van der Waals surface area contributed by atoms with Crippen LogP contribution in [0.5, 0.6) is 17.2 Å². The number of rotatable bonds is 4. The van der Waals surface area contributed by atoms with Gasteiger partial charge >= 0.3 is 0 Å². The second kappa shape index (κ2) is 6.90. The molecule has 1 fully saturated rings. The highest BCUT2D eigenvalue weighted by Gasteiger charge is 2.32. The minimum Gasteiger partial charge on any atom is -0.481 e. The monoisotopic (exact) mass is 357 g/mol. The molecule has 0 N–H and O–H groups in total. The van der Waals surface area contributed by atoms with E-state index < -0.39 is 6.10 Å². The Morgan fingerprint density at radius 2 is 2.15 bits per heavy atom. The van der Waals surface area contributed by atoms with Crippen LogP contribution in [0.4, 0.5) is 0 Å². The molecule has 7 nitrogen and oxygen atoms in total. The van der Waals surface area contributed by atoms with Crippen molar-refractivity contribution in [2.45, 2.75) is 38.3 Å². The zero-order valence-corrected chi connectivity index (χ0v) is 15.1. The van der Waals surface area contributed by atoms with Crippen molar-refractivity contribution < 1.29 is 19.0 Å². The van der Waals surface area contributed by atoms with E-state index in [0.29, 0.717) is 17.2 Å². The SMILES string of the molecule is CC(Oc1ccc2c(c1)OCO2)C(=O)N1CCCCC1c1cnn(C)c1. The fourth-order valence-electron chi connectivity index (χ4n) is 3.59. The van der Waals surface area contributed by atoms with Crippen molar-refractivity contribution >= 4 is 5.91 Å². The molecule has 0 radical (unpaired) electrons. The summed E-state index contributed by atoms with van der Waals surface area (Å²) in [6, 6.07) is 5.43. The van der Waals surface area contributed by atoms with Crippen LogP contribution in [0.3, 0.4) is 0 Å². The van der Waals surface area contributed by atoms with E-state index in [-0.39, 0.29) is 18.7 Å². The Labute approximate surface area is 152 Å². The highest BCUT2D eigenvalue weighted by atomic mass is 16.7. The van der Waals surface area contributed by atoms with Crippen LogP contribution >= 0.6 is 0 Å². The standard InChI is InChI=1S/C19H23N3O4/c1-13(26-15-6-7-17-18(9-15)25-12-24-17)19(23)22-8-4-3-5-16(22)14-10-20-21(2)11-14/h6-7,9-11,13,16H,3-5,8,12H2,1-2H3. The fourth-order valence-corrected chi connectivity index (χ4v) is 3.59. The van der Waals surface area contributed by atoms with Gasteiger partial charge in [-0.25, -0.2) is 0 Å². The van der Waals surface area contributed by atoms with Crippen molar-refractivity contribution in [1.82, 2.24) is 14.7 Å². The summed E-state index contributed by atoms with van der Waals surface area (Å²) >= 11 is 0. The van der Waals surface area contributed by atoms with Gasteiger partial charge in [-0.3, -0.25) is 9.48 Å². The van der Waals surface area contributed by atoms with Gasteiger partial charge in [-0.1, -0.05) is 0 Å². The molecule has 1 aromatic heterocycles. The van der Waals surface area contributed by atoms with Gasteiger partial charge in [0.2, 0.25) is 6.79 Å². The molecular weight excluding hydrogens is 334 g/mol. The van der Waals surface area contributed by atoms with Gasteiger partial charge in [-0.2, -0.15) is 5.10 Å². The number of aryl methyl sites for hydroxylation is 1. The first-order valence-corrected chi connectivity index (χ1v) is 8.97. The lowest BCUT2D eigenvalue weighted by Crippen LogP contribution is -2.44. The molecule has 1 saturated heterocycles. The first-order chi connectivity index (χ1) is 12.6. The molecule has 3 heterocycles. The summed E-state index contributed by atoms with van der Waals surface area (Å²) in [6.07, 6.45) is 6.33. The number of piperidine rings is 1. The van der Waals surface area contributed by atoms with Gasteiger partial charge in [-0.15, -0.1) is 0 Å². The van der Waals surface area contributed by atoms with Crippen LogP contribution in [0, 0.1) is 0 Å². The molecule has 1 aromatic carbocycles. The van der Waals surface area contributed by atoms with Crippen molar-refractivity contribution in [3.63, 3.8) is 0 Å². The number of nitrogens with zero attached hydrogens (tertiary/aromatic N) is 3. The molecule has 4 rings (SSSR count). The Balaban J connectivity index is 1.48. The van der Waals surface area contributed by atoms with Gasteiger partial charge in [0, 0.05) is 31.4 Å². The number of fused-ring (bicyclic) bond motifs is 1. The number of carbonyl (C=O) groups excluding carboxylic acids is 1. The highest BCUT2D eigenvalue weighted by molar-refractivity contribution is 5.81. The van der Waals surface area contributed by atoms with Crippen molar-refractivity contribution in [3.05, 3.63) is 36.2 Å². The van der Waals surface area contributed by atoms with Gasteiger partial charge in [-0.05, 0) is 38.3 Å². The predicted octanol–water partition coefficient (Wildman–Crippen LogP) is 2.67. The van der Waals surface area contributed by atoms with E-state index in [9.17, 15) is 4.79 Å². The van der Waals surface area contributed by atoms with Crippen LogP contribution < -0.4 is 14.2 Å². The molecule has 2 aliphatic heterocycles. The smallest absolute Gasteiger partial charge is 0.263 e. The third-order valence-corrected chi connectivity index (χ3v) is 4.90.